The van der Waals surface area contributed by atoms with E-state index in [1.807, 2.05) is 43.3 Å². The molecular weight excluding hydrogens is 526 g/mol. The number of hydrogen-bond donors (Lipinski definition) is 2. The Morgan fingerprint density at radius 2 is 1.69 bits per heavy atom. The molecule has 0 spiro atoms. The summed E-state index contributed by atoms with van der Waals surface area (Å²) in [6.07, 6.45) is 1.53. The van der Waals surface area contributed by atoms with Crippen LogP contribution in [0, 0.1) is 0 Å². The van der Waals surface area contributed by atoms with E-state index in [-0.39, 0.29) is 24.7 Å². The summed E-state index contributed by atoms with van der Waals surface area (Å²) < 4.78 is 17.5. The number of benzene rings is 3. The third kappa shape index (κ3) is 8.42. The second-order valence-electron chi connectivity index (χ2n) is 7.61. The van der Waals surface area contributed by atoms with Crippen molar-refractivity contribution in [2.75, 3.05) is 19.0 Å². The van der Waals surface area contributed by atoms with Crippen LogP contribution in [0.2, 0.25) is 0 Å². The molecule has 0 heterocycles. The minimum atomic E-state index is -0.372. The van der Waals surface area contributed by atoms with Crippen molar-refractivity contribution >= 4 is 39.6 Å². The molecule has 188 valence electrons. The van der Waals surface area contributed by atoms with Gasteiger partial charge in [-0.15, -0.1) is 0 Å². The molecule has 2 N–H and O–H groups in total. The summed E-state index contributed by atoms with van der Waals surface area (Å²) in [6.45, 7) is 2.75. The fourth-order valence-corrected chi connectivity index (χ4v) is 3.73. The van der Waals surface area contributed by atoms with E-state index in [4.69, 9.17) is 14.2 Å². The lowest BCUT2D eigenvalue weighted by molar-refractivity contribution is -0.124. The van der Waals surface area contributed by atoms with Crippen molar-refractivity contribution in [3.8, 4) is 17.2 Å². The Morgan fingerprint density at radius 3 is 2.39 bits per heavy atom. The maximum Gasteiger partial charge on any atom is 0.240 e. The molecule has 0 bridgehead atoms. The first kappa shape index (κ1) is 26.7. The predicted molar refractivity (Wildman–Crippen MR) is 143 cm³/mol. The Morgan fingerprint density at radius 1 is 0.972 bits per heavy atom. The molecule has 0 fully saturated rings. The molecule has 0 aliphatic heterocycles. The number of ether oxygens (including phenoxy) is 3. The van der Waals surface area contributed by atoms with Crippen LogP contribution in [0.1, 0.15) is 30.9 Å². The van der Waals surface area contributed by atoms with Crippen LogP contribution in [0.5, 0.6) is 17.2 Å². The highest BCUT2D eigenvalue weighted by atomic mass is 79.9. The van der Waals surface area contributed by atoms with Gasteiger partial charge in [-0.1, -0.05) is 30.3 Å². The minimum absolute atomic E-state index is 0.000514. The third-order valence-corrected chi connectivity index (χ3v) is 5.50. The lowest BCUT2D eigenvalue weighted by Crippen LogP contribution is -2.20. The topological polar surface area (TPSA) is 98.2 Å². The highest BCUT2D eigenvalue weighted by Crippen LogP contribution is 2.37. The van der Waals surface area contributed by atoms with Crippen LogP contribution in [0.4, 0.5) is 5.69 Å². The Labute approximate surface area is 218 Å². The van der Waals surface area contributed by atoms with E-state index in [0.29, 0.717) is 46.2 Å². The van der Waals surface area contributed by atoms with Crippen LogP contribution in [-0.2, 0) is 16.2 Å². The van der Waals surface area contributed by atoms with Crippen molar-refractivity contribution in [1.29, 1.82) is 0 Å². The predicted octanol–water partition coefficient (Wildman–Crippen LogP) is 5.30. The van der Waals surface area contributed by atoms with Crippen molar-refractivity contribution in [2.45, 2.75) is 26.4 Å². The SMILES string of the molecule is CCOc1cc(C=NNC(=O)CCC(=O)Nc2ccc(OC)cc2)cc(Br)c1OCc1ccccc1. The van der Waals surface area contributed by atoms with Gasteiger partial charge in [-0.05, 0) is 70.4 Å². The van der Waals surface area contributed by atoms with Gasteiger partial charge in [0.1, 0.15) is 12.4 Å². The van der Waals surface area contributed by atoms with E-state index in [1.165, 1.54) is 6.21 Å². The lowest BCUT2D eigenvalue weighted by atomic mass is 10.2. The largest absolute Gasteiger partial charge is 0.497 e. The molecule has 0 saturated heterocycles. The second kappa shape index (κ2) is 13.9. The lowest BCUT2D eigenvalue weighted by Gasteiger charge is -2.14. The normalized spacial score (nSPS) is 10.6. The summed E-state index contributed by atoms with van der Waals surface area (Å²) in [4.78, 5) is 24.2. The number of carbonyl (C=O) groups is 2. The zero-order valence-corrected chi connectivity index (χ0v) is 21.7. The van der Waals surface area contributed by atoms with Crippen LogP contribution in [0.15, 0.2) is 76.3 Å². The number of nitrogens with zero attached hydrogens (tertiary/aromatic N) is 1. The zero-order valence-electron chi connectivity index (χ0n) is 20.1. The molecule has 0 aromatic heterocycles. The molecule has 3 aromatic rings. The number of methoxy groups -OCH3 is 1. The van der Waals surface area contributed by atoms with Crippen molar-refractivity contribution < 1.29 is 23.8 Å². The number of rotatable bonds is 12. The first-order valence-electron chi connectivity index (χ1n) is 11.4. The number of hydrazone groups is 1. The molecule has 0 atom stereocenters. The number of amides is 2. The van der Waals surface area contributed by atoms with Crippen LogP contribution < -0.4 is 25.0 Å². The van der Waals surface area contributed by atoms with Gasteiger partial charge in [0.25, 0.3) is 0 Å². The van der Waals surface area contributed by atoms with Gasteiger partial charge in [-0.2, -0.15) is 5.10 Å². The molecule has 3 rings (SSSR count). The van der Waals surface area contributed by atoms with Crippen molar-refractivity contribution in [1.82, 2.24) is 5.43 Å². The molecule has 8 nitrogen and oxygen atoms in total. The van der Waals surface area contributed by atoms with Gasteiger partial charge in [0, 0.05) is 18.5 Å². The maximum absolute atomic E-state index is 12.1. The summed E-state index contributed by atoms with van der Waals surface area (Å²) in [7, 11) is 1.57. The summed E-state index contributed by atoms with van der Waals surface area (Å²) in [5.41, 5.74) is 4.82. The average molecular weight is 554 g/mol. The molecule has 36 heavy (non-hydrogen) atoms. The summed E-state index contributed by atoms with van der Waals surface area (Å²) in [5.74, 6) is 1.20. The molecule has 0 radical (unpaired) electrons. The Balaban J connectivity index is 1.51. The molecular formula is C27H28BrN3O5. The maximum atomic E-state index is 12.1. The van der Waals surface area contributed by atoms with E-state index >= 15 is 0 Å². The van der Waals surface area contributed by atoms with Gasteiger partial charge in [0.05, 0.1) is 24.4 Å². The van der Waals surface area contributed by atoms with Crippen molar-refractivity contribution in [3.05, 3.63) is 82.3 Å². The average Bonchev–Trinajstić information content (AvgIpc) is 2.88. The molecule has 3 aromatic carbocycles. The van der Waals surface area contributed by atoms with Gasteiger partial charge < -0.3 is 19.5 Å². The Hall–Kier alpha value is -3.85. The van der Waals surface area contributed by atoms with Crippen LogP contribution in [-0.4, -0.2) is 31.7 Å². The first-order valence-corrected chi connectivity index (χ1v) is 12.2. The van der Waals surface area contributed by atoms with Crippen LogP contribution in [0.25, 0.3) is 0 Å². The van der Waals surface area contributed by atoms with Gasteiger partial charge in [-0.25, -0.2) is 5.43 Å². The van der Waals surface area contributed by atoms with Crippen molar-refractivity contribution in [3.63, 3.8) is 0 Å². The monoisotopic (exact) mass is 553 g/mol. The Kier molecular flexibility index (Phi) is 10.3. The van der Waals surface area contributed by atoms with E-state index in [1.54, 1.807) is 37.4 Å². The fraction of sp³-hybridized carbons (Fsp3) is 0.222. The van der Waals surface area contributed by atoms with E-state index in [2.05, 4.69) is 31.8 Å². The standard InChI is InChI=1S/C27H28BrN3O5/c1-3-35-24-16-20(15-23(28)27(24)36-18-19-7-5-4-6-8-19)17-29-31-26(33)14-13-25(32)30-21-9-11-22(34-2)12-10-21/h4-12,15-17H,3,13-14,18H2,1-2H3,(H,30,32)(H,31,33). The van der Waals surface area contributed by atoms with E-state index in [0.717, 1.165) is 5.56 Å². The summed E-state index contributed by atoms with van der Waals surface area (Å²) >= 11 is 3.53. The minimum Gasteiger partial charge on any atom is -0.497 e. The summed E-state index contributed by atoms with van der Waals surface area (Å²) in [6, 6.07) is 20.4. The number of carbonyl (C=O) groups excluding carboxylic acids is 2. The van der Waals surface area contributed by atoms with Gasteiger partial charge in [0.15, 0.2) is 11.5 Å². The molecule has 2 amide bonds. The van der Waals surface area contributed by atoms with Gasteiger partial charge in [0.2, 0.25) is 11.8 Å². The quantitative estimate of drug-likeness (QED) is 0.234. The van der Waals surface area contributed by atoms with Crippen LogP contribution >= 0.6 is 15.9 Å². The highest BCUT2D eigenvalue weighted by Gasteiger charge is 2.12. The highest BCUT2D eigenvalue weighted by molar-refractivity contribution is 9.10. The summed E-state index contributed by atoms with van der Waals surface area (Å²) in [5, 5.41) is 6.74. The smallest absolute Gasteiger partial charge is 0.240 e. The molecule has 0 saturated carbocycles. The molecule has 0 aliphatic rings. The van der Waals surface area contributed by atoms with Gasteiger partial charge in [-0.3, -0.25) is 9.59 Å². The fourth-order valence-electron chi connectivity index (χ4n) is 3.15. The second-order valence-corrected chi connectivity index (χ2v) is 8.46. The van der Waals surface area contributed by atoms with E-state index < -0.39 is 0 Å². The number of halogens is 1. The molecule has 0 aliphatic carbocycles. The number of nitrogens with one attached hydrogen (secondary N) is 2. The number of anilines is 1. The van der Waals surface area contributed by atoms with E-state index in [9.17, 15) is 9.59 Å². The van der Waals surface area contributed by atoms with Crippen LogP contribution in [0.3, 0.4) is 0 Å². The molecule has 0 unspecified atom stereocenters. The first-order chi connectivity index (χ1) is 17.5. The molecule has 9 heteroatoms. The zero-order chi connectivity index (χ0) is 25.8. The number of hydrogen-bond acceptors (Lipinski definition) is 6. The van der Waals surface area contributed by atoms with Crippen molar-refractivity contribution in [2.24, 2.45) is 5.10 Å². The third-order valence-electron chi connectivity index (χ3n) is 4.91. The Bertz CT molecular complexity index is 1180. The van der Waals surface area contributed by atoms with Gasteiger partial charge >= 0.3 is 0 Å².